The molecular formula is C20H26N4O3S. The normalized spacial score (nSPS) is 14.8. The highest BCUT2D eigenvalue weighted by molar-refractivity contribution is 7.99. The maximum atomic E-state index is 13.1. The Morgan fingerprint density at radius 2 is 1.89 bits per heavy atom. The summed E-state index contributed by atoms with van der Waals surface area (Å²) >= 11 is 1.25. The molecule has 8 heteroatoms. The maximum absolute atomic E-state index is 13.1. The van der Waals surface area contributed by atoms with Crippen LogP contribution in [0.3, 0.4) is 0 Å². The molecule has 0 atom stereocenters. The zero-order valence-corrected chi connectivity index (χ0v) is 16.9. The van der Waals surface area contributed by atoms with Gasteiger partial charge in [0.2, 0.25) is 11.8 Å². The van der Waals surface area contributed by atoms with Gasteiger partial charge in [0, 0.05) is 12.6 Å². The molecule has 1 heterocycles. The third-order valence-electron chi connectivity index (χ3n) is 4.87. The van der Waals surface area contributed by atoms with Gasteiger partial charge < -0.3 is 10.6 Å². The Labute approximate surface area is 168 Å². The molecule has 2 aromatic rings. The molecular weight excluding hydrogens is 376 g/mol. The molecule has 1 aliphatic carbocycles. The fourth-order valence-electron chi connectivity index (χ4n) is 3.51. The molecule has 1 fully saturated rings. The third kappa shape index (κ3) is 4.92. The Balaban J connectivity index is 1.80. The van der Waals surface area contributed by atoms with E-state index >= 15 is 0 Å². The second kappa shape index (κ2) is 9.73. The Morgan fingerprint density at radius 1 is 1.14 bits per heavy atom. The zero-order chi connectivity index (χ0) is 19.9. The summed E-state index contributed by atoms with van der Waals surface area (Å²) in [6.07, 6.45) is 5.30. The van der Waals surface area contributed by atoms with Crippen molar-refractivity contribution in [2.75, 3.05) is 18.8 Å². The number of aromatic nitrogens is 2. The van der Waals surface area contributed by atoms with E-state index in [1.165, 1.54) is 18.2 Å². The van der Waals surface area contributed by atoms with Crippen LogP contribution in [0.2, 0.25) is 0 Å². The lowest BCUT2D eigenvalue weighted by atomic mass is 9.95. The van der Waals surface area contributed by atoms with Crippen LogP contribution in [0.4, 0.5) is 0 Å². The van der Waals surface area contributed by atoms with Crippen LogP contribution in [-0.2, 0) is 9.59 Å². The number of hydrogen-bond donors (Lipinski definition) is 2. The van der Waals surface area contributed by atoms with Gasteiger partial charge >= 0.3 is 0 Å². The van der Waals surface area contributed by atoms with E-state index in [0.717, 1.165) is 25.7 Å². The summed E-state index contributed by atoms with van der Waals surface area (Å²) in [5.74, 6) is -0.366. The molecule has 1 saturated carbocycles. The second-order valence-electron chi connectivity index (χ2n) is 6.90. The van der Waals surface area contributed by atoms with Gasteiger partial charge in [0.1, 0.15) is 0 Å². The number of nitrogens with one attached hydrogen (secondary N) is 2. The molecule has 0 saturated heterocycles. The zero-order valence-electron chi connectivity index (χ0n) is 16.1. The van der Waals surface area contributed by atoms with Crippen LogP contribution in [0.15, 0.2) is 34.2 Å². The highest BCUT2D eigenvalue weighted by Crippen LogP contribution is 2.30. The minimum absolute atomic E-state index is 0.0391. The lowest BCUT2D eigenvalue weighted by Gasteiger charge is -2.26. The topological polar surface area (TPSA) is 93.1 Å². The standard InChI is InChI=1S/C20H26N4O3S/c1-2-21-17(25)12-22-18(26)13-28-20-23-16-11-7-6-10-15(16)19(27)24(20)14-8-4-3-5-9-14/h6-7,10-11,14H,2-5,8-9,12-13H2,1H3,(H,21,25)(H,22,26). The van der Waals surface area contributed by atoms with Crippen molar-refractivity contribution in [3.8, 4) is 0 Å². The molecule has 2 amide bonds. The summed E-state index contributed by atoms with van der Waals surface area (Å²) < 4.78 is 1.78. The average Bonchev–Trinajstić information content (AvgIpc) is 2.71. The number of para-hydroxylation sites is 1. The van der Waals surface area contributed by atoms with Crippen molar-refractivity contribution in [1.29, 1.82) is 0 Å². The van der Waals surface area contributed by atoms with Crippen molar-refractivity contribution in [3.63, 3.8) is 0 Å². The van der Waals surface area contributed by atoms with Gasteiger partial charge in [0.05, 0.1) is 23.2 Å². The molecule has 3 rings (SSSR count). The van der Waals surface area contributed by atoms with Crippen LogP contribution in [0, 0.1) is 0 Å². The average molecular weight is 403 g/mol. The molecule has 150 valence electrons. The Kier molecular flexibility index (Phi) is 7.08. The van der Waals surface area contributed by atoms with E-state index in [4.69, 9.17) is 0 Å². The molecule has 0 bridgehead atoms. The molecule has 0 spiro atoms. The Hall–Kier alpha value is -2.35. The lowest BCUT2D eigenvalue weighted by Crippen LogP contribution is -2.37. The van der Waals surface area contributed by atoms with Crippen molar-refractivity contribution in [1.82, 2.24) is 20.2 Å². The number of thioether (sulfide) groups is 1. The summed E-state index contributed by atoms with van der Waals surface area (Å²) in [7, 11) is 0. The number of carbonyl (C=O) groups is 2. The van der Waals surface area contributed by atoms with Gasteiger partial charge in [0.15, 0.2) is 5.16 Å². The minimum Gasteiger partial charge on any atom is -0.355 e. The van der Waals surface area contributed by atoms with Crippen molar-refractivity contribution in [2.24, 2.45) is 0 Å². The molecule has 0 aliphatic heterocycles. The van der Waals surface area contributed by atoms with Gasteiger partial charge in [0.25, 0.3) is 5.56 Å². The first-order valence-electron chi connectivity index (χ1n) is 9.77. The van der Waals surface area contributed by atoms with Crippen LogP contribution in [0.1, 0.15) is 45.1 Å². The van der Waals surface area contributed by atoms with E-state index in [9.17, 15) is 14.4 Å². The van der Waals surface area contributed by atoms with Gasteiger partial charge in [-0.2, -0.15) is 0 Å². The minimum atomic E-state index is -0.256. The van der Waals surface area contributed by atoms with Gasteiger partial charge in [-0.3, -0.25) is 19.0 Å². The predicted molar refractivity (Wildman–Crippen MR) is 111 cm³/mol. The number of amides is 2. The van der Waals surface area contributed by atoms with E-state index < -0.39 is 0 Å². The van der Waals surface area contributed by atoms with Gasteiger partial charge in [-0.25, -0.2) is 4.98 Å². The van der Waals surface area contributed by atoms with Crippen molar-refractivity contribution < 1.29 is 9.59 Å². The summed E-state index contributed by atoms with van der Waals surface area (Å²) in [6.45, 7) is 2.30. The fourth-order valence-corrected chi connectivity index (χ4v) is 4.40. The first-order valence-corrected chi connectivity index (χ1v) is 10.8. The first-order chi connectivity index (χ1) is 13.6. The molecule has 1 aromatic heterocycles. The Morgan fingerprint density at radius 3 is 2.64 bits per heavy atom. The van der Waals surface area contributed by atoms with Crippen LogP contribution >= 0.6 is 11.8 Å². The smallest absolute Gasteiger partial charge is 0.262 e. The van der Waals surface area contributed by atoms with Crippen molar-refractivity contribution >= 4 is 34.5 Å². The third-order valence-corrected chi connectivity index (χ3v) is 5.82. The molecule has 7 nitrogen and oxygen atoms in total. The quantitative estimate of drug-likeness (QED) is 0.547. The van der Waals surface area contributed by atoms with Crippen molar-refractivity contribution in [3.05, 3.63) is 34.6 Å². The number of nitrogens with zero attached hydrogens (tertiary/aromatic N) is 2. The van der Waals surface area contributed by atoms with E-state index in [1.807, 2.05) is 25.1 Å². The van der Waals surface area contributed by atoms with E-state index in [0.29, 0.717) is 22.6 Å². The number of fused-ring (bicyclic) bond motifs is 1. The van der Waals surface area contributed by atoms with E-state index in [2.05, 4.69) is 15.6 Å². The van der Waals surface area contributed by atoms with Crippen LogP contribution in [0.5, 0.6) is 0 Å². The van der Waals surface area contributed by atoms with Gasteiger partial charge in [-0.05, 0) is 31.9 Å². The number of benzene rings is 1. The second-order valence-corrected chi connectivity index (χ2v) is 7.84. The van der Waals surface area contributed by atoms with E-state index in [-0.39, 0.29) is 35.7 Å². The molecule has 28 heavy (non-hydrogen) atoms. The number of likely N-dealkylation sites (N-methyl/N-ethyl adjacent to an activating group) is 1. The molecule has 1 aliphatic rings. The first kappa shape index (κ1) is 20.4. The highest BCUT2D eigenvalue weighted by atomic mass is 32.2. The predicted octanol–water partition coefficient (Wildman–Crippen LogP) is 2.25. The maximum Gasteiger partial charge on any atom is 0.262 e. The highest BCUT2D eigenvalue weighted by Gasteiger charge is 2.22. The number of hydrogen-bond acceptors (Lipinski definition) is 5. The van der Waals surface area contributed by atoms with Crippen molar-refractivity contribution in [2.45, 2.75) is 50.2 Å². The monoisotopic (exact) mass is 402 g/mol. The van der Waals surface area contributed by atoms with E-state index in [1.54, 1.807) is 10.6 Å². The molecule has 0 unspecified atom stereocenters. The van der Waals surface area contributed by atoms with Gasteiger partial charge in [-0.15, -0.1) is 0 Å². The van der Waals surface area contributed by atoms with Crippen LogP contribution < -0.4 is 16.2 Å². The number of rotatable bonds is 7. The molecule has 2 N–H and O–H groups in total. The SMILES string of the molecule is CCNC(=O)CNC(=O)CSc1nc2ccccc2c(=O)n1C1CCCCC1. The summed E-state index contributed by atoms with van der Waals surface area (Å²) in [4.78, 5) is 41.4. The van der Waals surface area contributed by atoms with Crippen LogP contribution in [-0.4, -0.2) is 40.2 Å². The van der Waals surface area contributed by atoms with Gasteiger partial charge in [-0.1, -0.05) is 43.2 Å². The fraction of sp³-hybridized carbons (Fsp3) is 0.500. The summed E-state index contributed by atoms with van der Waals surface area (Å²) in [5, 5.41) is 6.42. The van der Waals surface area contributed by atoms with Crippen LogP contribution in [0.25, 0.3) is 10.9 Å². The lowest BCUT2D eigenvalue weighted by molar-refractivity contribution is -0.124. The summed E-state index contributed by atoms with van der Waals surface area (Å²) in [5.41, 5.74) is 0.604. The Bertz CT molecular complexity index is 906. The summed E-state index contributed by atoms with van der Waals surface area (Å²) in [6, 6.07) is 7.45. The largest absolute Gasteiger partial charge is 0.355 e. The number of carbonyl (C=O) groups excluding carboxylic acids is 2. The molecule has 1 aromatic carbocycles. The molecule has 0 radical (unpaired) electrons.